The SMILES string of the molecule is C=O.Oc1ccccc1.[K]. The average molecular weight is 163 g/mol. The van der Waals surface area contributed by atoms with Gasteiger partial charge >= 0.3 is 0 Å². The first-order valence-electron chi connectivity index (χ1n) is 2.42. The van der Waals surface area contributed by atoms with Crippen LogP contribution in [0, 0.1) is 0 Å². The molecule has 1 radical (unpaired) electrons. The molecular formula is C7H8KO2. The Hall–Kier alpha value is 0.326. The molecule has 3 heteroatoms. The number of carbonyl (C=O) groups is 1. The van der Waals surface area contributed by atoms with E-state index in [1.54, 1.807) is 24.3 Å². The van der Waals surface area contributed by atoms with E-state index in [1.807, 2.05) is 12.9 Å². The standard InChI is InChI=1S/C6H6O.CH2O.K/c7-6-4-2-1-3-5-6;1-2;/h1-5,7H;1H2;. The number of hydrogen-bond acceptors (Lipinski definition) is 2. The number of aromatic hydroxyl groups is 1. The van der Waals surface area contributed by atoms with Crippen molar-refractivity contribution in [3.05, 3.63) is 30.3 Å². The summed E-state index contributed by atoms with van der Waals surface area (Å²) in [6.07, 6.45) is 0. The fraction of sp³-hybridized carbons (Fsp3) is 0. The first-order chi connectivity index (χ1) is 4.39. The van der Waals surface area contributed by atoms with E-state index in [2.05, 4.69) is 0 Å². The fourth-order valence-corrected chi connectivity index (χ4v) is 0.428. The number of benzene rings is 1. The summed E-state index contributed by atoms with van der Waals surface area (Å²) in [4.78, 5) is 8.00. The molecule has 1 rings (SSSR count). The maximum Gasteiger partial charge on any atom is 0.115 e. The molecule has 0 aromatic heterocycles. The van der Waals surface area contributed by atoms with E-state index in [0.717, 1.165) is 0 Å². The van der Waals surface area contributed by atoms with Gasteiger partial charge in [0.05, 0.1) is 0 Å². The minimum atomic E-state index is 0. The van der Waals surface area contributed by atoms with Gasteiger partial charge in [0, 0.05) is 51.4 Å². The van der Waals surface area contributed by atoms with Crippen LogP contribution in [-0.4, -0.2) is 63.3 Å². The summed E-state index contributed by atoms with van der Waals surface area (Å²) in [6, 6.07) is 8.71. The first kappa shape index (κ1) is 13.0. The fourth-order valence-electron chi connectivity index (χ4n) is 0.428. The second kappa shape index (κ2) is 9.33. The predicted octanol–water partition coefficient (Wildman–Crippen LogP) is 0.827. The number of para-hydroxylation sites is 1. The summed E-state index contributed by atoms with van der Waals surface area (Å²) in [5.74, 6) is 0.322. The number of hydrogen-bond donors (Lipinski definition) is 1. The molecule has 1 N–H and O–H groups in total. The number of carbonyl (C=O) groups excluding carboxylic acids is 1. The van der Waals surface area contributed by atoms with Gasteiger partial charge in [0.25, 0.3) is 0 Å². The summed E-state index contributed by atoms with van der Waals surface area (Å²) in [5.41, 5.74) is 0. The molecule has 0 saturated carbocycles. The third-order valence-electron chi connectivity index (χ3n) is 0.756. The molecular weight excluding hydrogens is 155 g/mol. The zero-order valence-electron chi connectivity index (χ0n) is 5.95. The Morgan fingerprint density at radius 3 is 1.70 bits per heavy atom. The van der Waals surface area contributed by atoms with E-state index in [-0.39, 0.29) is 51.4 Å². The molecule has 1 aromatic rings. The molecule has 1 aromatic carbocycles. The van der Waals surface area contributed by atoms with Crippen LogP contribution in [0.15, 0.2) is 30.3 Å². The molecule has 0 aliphatic rings. The van der Waals surface area contributed by atoms with Crippen molar-refractivity contribution in [2.45, 2.75) is 0 Å². The van der Waals surface area contributed by atoms with E-state index in [9.17, 15) is 0 Å². The van der Waals surface area contributed by atoms with E-state index in [1.165, 1.54) is 0 Å². The topological polar surface area (TPSA) is 37.3 Å². The van der Waals surface area contributed by atoms with Gasteiger partial charge in [-0.3, -0.25) is 0 Å². The van der Waals surface area contributed by atoms with Gasteiger partial charge in [-0.15, -0.1) is 0 Å². The molecule has 0 amide bonds. The van der Waals surface area contributed by atoms with Crippen molar-refractivity contribution in [1.82, 2.24) is 0 Å². The normalized spacial score (nSPS) is 6.40. The van der Waals surface area contributed by atoms with E-state index in [4.69, 9.17) is 9.90 Å². The zero-order chi connectivity index (χ0) is 7.11. The minimum absolute atomic E-state index is 0. The van der Waals surface area contributed by atoms with Gasteiger partial charge in [-0.2, -0.15) is 0 Å². The maximum absolute atomic E-state index is 8.63. The molecule has 0 unspecified atom stereocenters. The van der Waals surface area contributed by atoms with Crippen LogP contribution in [0.1, 0.15) is 0 Å². The van der Waals surface area contributed by atoms with Gasteiger partial charge in [-0.25, -0.2) is 0 Å². The van der Waals surface area contributed by atoms with E-state index < -0.39 is 0 Å². The van der Waals surface area contributed by atoms with Crippen molar-refractivity contribution in [1.29, 1.82) is 0 Å². The quantitative estimate of drug-likeness (QED) is 0.575. The predicted molar refractivity (Wildman–Crippen MR) is 41.0 cm³/mol. The Bertz CT molecular complexity index is 153. The number of rotatable bonds is 0. The van der Waals surface area contributed by atoms with Gasteiger partial charge in [0.15, 0.2) is 0 Å². The third kappa shape index (κ3) is 6.45. The summed E-state index contributed by atoms with van der Waals surface area (Å²) in [5, 5.41) is 8.63. The third-order valence-corrected chi connectivity index (χ3v) is 0.756. The van der Waals surface area contributed by atoms with Crippen LogP contribution < -0.4 is 0 Å². The summed E-state index contributed by atoms with van der Waals surface area (Å²) >= 11 is 0. The molecule has 0 bridgehead atoms. The van der Waals surface area contributed by atoms with Crippen LogP contribution >= 0.6 is 0 Å². The van der Waals surface area contributed by atoms with Crippen molar-refractivity contribution in [2.75, 3.05) is 0 Å². The Kier molecular flexibility index (Phi) is 12.1. The molecule has 0 fully saturated rings. The Morgan fingerprint density at radius 2 is 1.50 bits per heavy atom. The molecule has 0 saturated heterocycles. The average Bonchev–Trinajstić information content (AvgIpc) is 1.94. The van der Waals surface area contributed by atoms with Crippen molar-refractivity contribution >= 4 is 58.2 Å². The zero-order valence-corrected chi connectivity index (χ0v) is 9.07. The smallest absolute Gasteiger partial charge is 0.115 e. The molecule has 0 heterocycles. The minimum Gasteiger partial charge on any atom is -0.508 e. The van der Waals surface area contributed by atoms with Gasteiger partial charge in [0.2, 0.25) is 0 Å². The van der Waals surface area contributed by atoms with E-state index in [0.29, 0.717) is 5.75 Å². The molecule has 0 aliphatic heterocycles. The maximum atomic E-state index is 8.63. The van der Waals surface area contributed by atoms with Crippen LogP contribution in [0.4, 0.5) is 0 Å². The summed E-state index contributed by atoms with van der Waals surface area (Å²) in [7, 11) is 0. The molecule has 0 aliphatic carbocycles. The molecule has 2 nitrogen and oxygen atoms in total. The summed E-state index contributed by atoms with van der Waals surface area (Å²) < 4.78 is 0. The Morgan fingerprint density at radius 1 is 1.10 bits per heavy atom. The molecule has 0 spiro atoms. The first-order valence-corrected chi connectivity index (χ1v) is 2.42. The van der Waals surface area contributed by atoms with E-state index >= 15 is 0 Å². The Balaban J connectivity index is 0. The van der Waals surface area contributed by atoms with Gasteiger partial charge in [0.1, 0.15) is 12.5 Å². The van der Waals surface area contributed by atoms with Crippen molar-refractivity contribution < 1.29 is 9.90 Å². The summed E-state index contributed by atoms with van der Waals surface area (Å²) in [6.45, 7) is 2.00. The molecule has 49 valence electrons. The van der Waals surface area contributed by atoms with Crippen LogP contribution in [-0.2, 0) is 4.79 Å². The second-order valence-electron chi connectivity index (χ2n) is 1.34. The Labute approximate surface area is 103 Å². The number of phenolic OH excluding ortho intramolecular Hbond substituents is 1. The van der Waals surface area contributed by atoms with Crippen LogP contribution in [0.2, 0.25) is 0 Å². The van der Waals surface area contributed by atoms with Gasteiger partial charge in [-0.05, 0) is 12.1 Å². The van der Waals surface area contributed by atoms with Crippen LogP contribution in [0.5, 0.6) is 5.75 Å². The van der Waals surface area contributed by atoms with Crippen LogP contribution in [0.25, 0.3) is 0 Å². The molecule has 10 heavy (non-hydrogen) atoms. The van der Waals surface area contributed by atoms with Crippen molar-refractivity contribution in [3.8, 4) is 5.75 Å². The van der Waals surface area contributed by atoms with Gasteiger partial charge < -0.3 is 9.90 Å². The molecule has 0 atom stereocenters. The largest absolute Gasteiger partial charge is 0.508 e. The second-order valence-corrected chi connectivity index (χ2v) is 1.34. The van der Waals surface area contributed by atoms with Crippen LogP contribution in [0.3, 0.4) is 0 Å². The monoisotopic (exact) mass is 163 g/mol. The van der Waals surface area contributed by atoms with Crippen molar-refractivity contribution in [3.63, 3.8) is 0 Å². The number of phenols is 1. The van der Waals surface area contributed by atoms with Gasteiger partial charge in [-0.1, -0.05) is 18.2 Å². The van der Waals surface area contributed by atoms with Crippen molar-refractivity contribution in [2.24, 2.45) is 0 Å².